The van der Waals surface area contributed by atoms with Crippen LogP contribution < -0.4 is 15.1 Å². The van der Waals surface area contributed by atoms with Crippen molar-refractivity contribution in [3.8, 4) is 0 Å². The summed E-state index contributed by atoms with van der Waals surface area (Å²) in [4.78, 5) is 22.1. The minimum absolute atomic E-state index is 0.0722. The molecule has 0 aliphatic carbocycles. The number of piperidine rings is 1. The number of aromatic nitrogens is 2. The molecule has 2 heterocycles. The van der Waals surface area contributed by atoms with E-state index in [2.05, 4.69) is 21.6 Å². The highest BCUT2D eigenvalue weighted by atomic mass is 32.2. The van der Waals surface area contributed by atoms with E-state index in [0.29, 0.717) is 25.0 Å². The van der Waals surface area contributed by atoms with Gasteiger partial charge in [0.15, 0.2) is 0 Å². The third-order valence-electron chi connectivity index (χ3n) is 5.97. The SMILES string of the molecule is C[C@H]1CCN(c2ncc(C(=O)NO)cn2)C[C@H]1CNS(=O)(=O)c1ccc2ccccc2c1. The number of hydrogen-bond donors (Lipinski definition) is 3. The fraction of sp³-hybridized carbons (Fsp3) is 0.318. The first-order chi connectivity index (χ1) is 15.4. The molecule has 0 spiro atoms. The molecule has 3 N–H and O–H groups in total. The van der Waals surface area contributed by atoms with Crippen LogP contribution in [0.2, 0.25) is 0 Å². The standard InChI is InChI=1S/C22H25N5O4S/c1-15-8-9-27(22-23-11-18(12-24-22)21(28)26-29)14-19(15)13-25-32(30,31)20-7-6-16-4-2-3-5-17(16)10-20/h2-7,10-12,15,19,25,29H,8-9,13-14H2,1H3,(H,26,28)/t15-,19+/m0/s1. The van der Waals surface area contributed by atoms with E-state index in [4.69, 9.17) is 5.21 Å². The van der Waals surface area contributed by atoms with Crippen LogP contribution in [-0.4, -0.2) is 49.1 Å². The zero-order valence-electron chi connectivity index (χ0n) is 17.6. The van der Waals surface area contributed by atoms with E-state index in [1.54, 1.807) is 17.6 Å². The van der Waals surface area contributed by atoms with E-state index >= 15 is 0 Å². The molecule has 4 rings (SSSR count). The Kier molecular flexibility index (Phi) is 6.35. The van der Waals surface area contributed by atoms with E-state index < -0.39 is 15.9 Å². The maximum absolute atomic E-state index is 12.9. The normalized spacial score (nSPS) is 19.1. The number of rotatable bonds is 6. The lowest BCUT2D eigenvalue weighted by atomic mass is 9.87. The number of nitrogens with one attached hydrogen (secondary N) is 2. The number of sulfonamides is 1. The van der Waals surface area contributed by atoms with Crippen molar-refractivity contribution in [1.82, 2.24) is 20.2 Å². The van der Waals surface area contributed by atoms with E-state index in [1.165, 1.54) is 12.4 Å². The summed E-state index contributed by atoms with van der Waals surface area (Å²) in [6.07, 6.45) is 3.57. The van der Waals surface area contributed by atoms with Crippen molar-refractivity contribution in [2.45, 2.75) is 18.2 Å². The summed E-state index contributed by atoms with van der Waals surface area (Å²) in [5, 5.41) is 10.6. The second kappa shape index (κ2) is 9.19. The van der Waals surface area contributed by atoms with Crippen LogP contribution in [-0.2, 0) is 10.0 Å². The number of nitrogens with zero attached hydrogens (tertiary/aromatic N) is 3. The molecule has 9 nitrogen and oxygen atoms in total. The van der Waals surface area contributed by atoms with Crippen LogP contribution in [0.3, 0.4) is 0 Å². The van der Waals surface area contributed by atoms with E-state index in [1.807, 2.05) is 35.2 Å². The largest absolute Gasteiger partial charge is 0.340 e. The van der Waals surface area contributed by atoms with Gasteiger partial charge >= 0.3 is 0 Å². The number of amides is 1. The molecule has 1 fully saturated rings. The Bertz CT molecular complexity index is 1220. The van der Waals surface area contributed by atoms with E-state index in [9.17, 15) is 13.2 Å². The smallest absolute Gasteiger partial charge is 0.277 e. The van der Waals surface area contributed by atoms with Gasteiger partial charge in [0.1, 0.15) is 0 Å². The summed E-state index contributed by atoms with van der Waals surface area (Å²) in [5.41, 5.74) is 1.70. The topological polar surface area (TPSA) is 125 Å². The summed E-state index contributed by atoms with van der Waals surface area (Å²) in [6.45, 7) is 3.74. The predicted molar refractivity (Wildman–Crippen MR) is 120 cm³/mol. The highest BCUT2D eigenvalue weighted by molar-refractivity contribution is 7.89. The van der Waals surface area contributed by atoms with Crippen molar-refractivity contribution in [2.75, 3.05) is 24.5 Å². The number of fused-ring (bicyclic) bond motifs is 1. The summed E-state index contributed by atoms with van der Waals surface area (Å²) in [5.74, 6) is 0.187. The first-order valence-corrected chi connectivity index (χ1v) is 11.9. The Morgan fingerprint density at radius 2 is 1.88 bits per heavy atom. The van der Waals surface area contributed by atoms with Crippen LogP contribution in [0.4, 0.5) is 5.95 Å². The van der Waals surface area contributed by atoms with Crippen LogP contribution in [0, 0.1) is 11.8 Å². The molecular formula is C22H25N5O4S. The molecule has 0 bridgehead atoms. The van der Waals surface area contributed by atoms with Crippen molar-refractivity contribution in [2.24, 2.45) is 11.8 Å². The molecule has 1 aliphatic rings. The molecule has 2 atom stereocenters. The highest BCUT2D eigenvalue weighted by Gasteiger charge is 2.29. The zero-order chi connectivity index (χ0) is 22.7. The van der Waals surface area contributed by atoms with E-state index in [0.717, 1.165) is 23.7 Å². The average molecular weight is 456 g/mol. The number of benzene rings is 2. The predicted octanol–water partition coefficient (Wildman–Crippen LogP) is 2.19. The van der Waals surface area contributed by atoms with Gasteiger partial charge in [-0.2, -0.15) is 0 Å². The summed E-state index contributed by atoms with van der Waals surface area (Å²) in [6, 6.07) is 12.8. The zero-order valence-corrected chi connectivity index (χ0v) is 18.4. The first kappa shape index (κ1) is 22.1. The van der Waals surface area contributed by atoms with E-state index in [-0.39, 0.29) is 16.4 Å². The molecule has 32 heavy (non-hydrogen) atoms. The molecule has 1 saturated heterocycles. The van der Waals surface area contributed by atoms with Gasteiger partial charge in [0.05, 0.1) is 10.5 Å². The molecule has 1 amide bonds. The van der Waals surface area contributed by atoms with Gasteiger partial charge in [0.2, 0.25) is 16.0 Å². The van der Waals surface area contributed by atoms with Crippen LogP contribution in [0.1, 0.15) is 23.7 Å². The molecular weight excluding hydrogens is 430 g/mol. The Morgan fingerprint density at radius 3 is 2.59 bits per heavy atom. The molecule has 0 radical (unpaired) electrons. The lowest BCUT2D eigenvalue weighted by Crippen LogP contribution is -2.45. The van der Waals surface area contributed by atoms with Crippen LogP contribution in [0.25, 0.3) is 10.8 Å². The van der Waals surface area contributed by atoms with Gasteiger partial charge < -0.3 is 4.90 Å². The van der Waals surface area contributed by atoms with Gasteiger partial charge in [-0.1, -0.05) is 37.3 Å². The number of anilines is 1. The monoisotopic (exact) mass is 455 g/mol. The van der Waals surface area contributed by atoms with Crippen LogP contribution in [0.5, 0.6) is 0 Å². The summed E-state index contributed by atoms with van der Waals surface area (Å²) in [7, 11) is -3.64. The second-order valence-corrected chi connectivity index (χ2v) is 9.81. The van der Waals surface area contributed by atoms with Gasteiger partial charge in [0, 0.05) is 32.0 Å². The van der Waals surface area contributed by atoms with Gasteiger partial charge in [-0.3, -0.25) is 10.0 Å². The lowest BCUT2D eigenvalue weighted by molar-refractivity contribution is 0.0705. The highest BCUT2D eigenvalue weighted by Crippen LogP contribution is 2.26. The van der Waals surface area contributed by atoms with Crippen LogP contribution >= 0.6 is 0 Å². The van der Waals surface area contributed by atoms with Crippen molar-refractivity contribution < 1.29 is 18.4 Å². The quantitative estimate of drug-likeness (QED) is 0.384. The molecule has 2 aromatic carbocycles. The third kappa shape index (κ3) is 4.72. The van der Waals surface area contributed by atoms with Gasteiger partial charge in [-0.15, -0.1) is 0 Å². The number of carbonyl (C=O) groups excluding carboxylic acids is 1. The number of hydrogen-bond acceptors (Lipinski definition) is 7. The minimum Gasteiger partial charge on any atom is -0.340 e. The van der Waals surface area contributed by atoms with Crippen molar-refractivity contribution in [1.29, 1.82) is 0 Å². The Morgan fingerprint density at radius 1 is 1.16 bits per heavy atom. The number of carbonyl (C=O) groups is 1. The van der Waals surface area contributed by atoms with Crippen molar-refractivity contribution in [3.63, 3.8) is 0 Å². The lowest BCUT2D eigenvalue weighted by Gasteiger charge is -2.37. The molecule has 0 unspecified atom stereocenters. The molecule has 0 saturated carbocycles. The van der Waals surface area contributed by atoms with Crippen molar-refractivity contribution >= 4 is 32.7 Å². The van der Waals surface area contributed by atoms with Gasteiger partial charge in [0.25, 0.3) is 5.91 Å². The fourth-order valence-electron chi connectivity index (χ4n) is 3.90. The fourth-order valence-corrected chi connectivity index (χ4v) is 5.03. The van der Waals surface area contributed by atoms with Crippen LogP contribution in [0.15, 0.2) is 59.8 Å². The molecule has 168 valence electrons. The minimum atomic E-state index is -3.64. The number of hydroxylamine groups is 1. The Balaban J connectivity index is 1.44. The third-order valence-corrected chi connectivity index (χ3v) is 7.39. The summed E-state index contributed by atoms with van der Waals surface area (Å²) < 4.78 is 28.6. The molecule has 1 aromatic heterocycles. The molecule has 10 heteroatoms. The van der Waals surface area contributed by atoms with Gasteiger partial charge in [-0.25, -0.2) is 28.6 Å². The summed E-state index contributed by atoms with van der Waals surface area (Å²) >= 11 is 0. The average Bonchev–Trinajstić information content (AvgIpc) is 2.83. The maximum atomic E-state index is 12.9. The van der Waals surface area contributed by atoms with Crippen molar-refractivity contribution in [3.05, 3.63) is 60.4 Å². The van der Waals surface area contributed by atoms with Gasteiger partial charge in [-0.05, 0) is 41.2 Å². The maximum Gasteiger partial charge on any atom is 0.277 e. The molecule has 3 aromatic rings. The first-order valence-electron chi connectivity index (χ1n) is 10.4. The Labute approximate surface area is 186 Å². The molecule has 1 aliphatic heterocycles. The second-order valence-electron chi connectivity index (χ2n) is 8.05. The Hall–Kier alpha value is -3.08.